The van der Waals surface area contributed by atoms with Gasteiger partial charge in [0, 0.05) is 29.2 Å². The Balaban J connectivity index is 1.56. The van der Waals surface area contributed by atoms with E-state index in [9.17, 15) is 13.2 Å². The van der Waals surface area contributed by atoms with Crippen LogP contribution in [0.1, 0.15) is 29.8 Å². The maximum absolute atomic E-state index is 13.2. The predicted molar refractivity (Wildman–Crippen MR) is 116 cm³/mol. The Hall–Kier alpha value is -2.64. The zero-order valence-electron chi connectivity index (χ0n) is 17.2. The molecule has 0 spiro atoms. The van der Waals surface area contributed by atoms with Crippen molar-refractivity contribution >= 4 is 26.6 Å². The molecule has 1 amide bonds. The second kappa shape index (κ2) is 8.24. The minimum absolute atomic E-state index is 0.0791. The molecule has 1 fully saturated rings. The summed E-state index contributed by atoms with van der Waals surface area (Å²) in [6, 6.07) is 14.3. The van der Waals surface area contributed by atoms with Gasteiger partial charge in [-0.2, -0.15) is 0 Å². The second-order valence-electron chi connectivity index (χ2n) is 7.91. The first kappa shape index (κ1) is 20.6. The van der Waals surface area contributed by atoms with Crippen LogP contribution in [0.15, 0.2) is 59.6 Å². The molecular weight excluding hydrogens is 400 g/mol. The number of fused-ring (bicyclic) bond motifs is 1. The van der Waals surface area contributed by atoms with Crippen molar-refractivity contribution in [3.63, 3.8) is 0 Å². The number of ether oxygens (including phenoxy) is 1. The number of carbonyl (C=O) groups is 1. The Morgan fingerprint density at radius 2 is 1.90 bits per heavy atom. The molecule has 1 atom stereocenters. The summed E-state index contributed by atoms with van der Waals surface area (Å²) < 4.78 is 30.3. The molecule has 7 heteroatoms. The van der Waals surface area contributed by atoms with Gasteiger partial charge in [0.25, 0.3) is 5.91 Å². The summed E-state index contributed by atoms with van der Waals surface area (Å²) >= 11 is 0. The van der Waals surface area contributed by atoms with Crippen molar-refractivity contribution in [1.29, 1.82) is 0 Å². The lowest BCUT2D eigenvalue weighted by atomic mass is 10.0. The highest BCUT2D eigenvalue weighted by Crippen LogP contribution is 2.23. The third-order valence-corrected chi connectivity index (χ3v) is 7.84. The first-order valence-electron chi connectivity index (χ1n) is 10.2. The van der Waals surface area contributed by atoms with Crippen molar-refractivity contribution < 1.29 is 17.9 Å². The molecule has 1 saturated heterocycles. The van der Waals surface area contributed by atoms with Crippen LogP contribution in [0.4, 0.5) is 0 Å². The Kier molecular flexibility index (Phi) is 5.66. The molecule has 1 aromatic heterocycles. The number of aromatic nitrogens is 1. The lowest BCUT2D eigenvalue weighted by Crippen LogP contribution is -2.49. The highest BCUT2D eigenvalue weighted by Gasteiger charge is 2.29. The van der Waals surface area contributed by atoms with E-state index in [1.165, 1.54) is 12.1 Å². The number of hydrogen-bond acceptors (Lipinski definition) is 4. The number of nitrogens with zero attached hydrogens (tertiary/aromatic N) is 1. The Morgan fingerprint density at radius 1 is 1.17 bits per heavy atom. The van der Waals surface area contributed by atoms with Crippen molar-refractivity contribution in [1.82, 2.24) is 9.88 Å². The lowest BCUT2D eigenvalue weighted by molar-refractivity contribution is -0.00156. The molecule has 158 valence electrons. The summed E-state index contributed by atoms with van der Waals surface area (Å²) in [6.45, 7) is 4.79. The van der Waals surface area contributed by atoms with Crippen molar-refractivity contribution in [2.45, 2.75) is 36.5 Å². The van der Waals surface area contributed by atoms with E-state index in [2.05, 4.69) is 11.1 Å². The van der Waals surface area contributed by atoms with Crippen molar-refractivity contribution in [3.05, 3.63) is 65.9 Å². The van der Waals surface area contributed by atoms with E-state index in [1.54, 1.807) is 26.0 Å². The molecule has 1 N–H and O–H groups in total. The number of hydrogen-bond donors (Lipinski definition) is 1. The number of morpholine rings is 1. The minimum atomic E-state index is -3.36. The number of rotatable bonds is 5. The van der Waals surface area contributed by atoms with E-state index in [0.717, 1.165) is 16.5 Å². The van der Waals surface area contributed by atoms with E-state index >= 15 is 0 Å². The van der Waals surface area contributed by atoms with Gasteiger partial charge in [0.1, 0.15) is 0 Å². The molecule has 4 rings (SSSR count). The monoisotopic (exact) mass is 426 g/mol. The van der Waals surface area contributed by atoms with Gasteiger partial charge in [0.2, 0.25) is 0 Å². The van der Waals surface area contributed by atoms with Crippen molar-refractivity contribution in [2.75, 3.05) is 19.8 Å². The number of nitrogens with one attached hydrogen (secondary N) is 1. The average molecular weight is 427 g/mol. The van der Waals surface area contributed by atoms with Crippen LogP contribution in [0, 0.1) is 0 Å². The third-order valence-electron chi connectivity index (χ3n) is 5.67. The standard InChI is InChI=1S/C23H26N2O4S/c1-16(2)30(27,28)20-9-7-17(8-10-20)23(26)25-11-12-29-15-19(25)13-18-14-24-22-6-4-3-5-21(18)22/h3-10,14,16,19,24H,11-13,15H2,1-2H3. The molecule has 1 unspecified atom stereocenters. The van der Waals surface area contributed by atoms with Gasteiger partial charge in [0.15, 0.2) is 9.84 Å². The number of amides is 1. The molecule has 2 aromatic carbocycles. The van der Waals surface area contributed by atoms with Crippen LogP contribution >= 0.6 is 0 Å². The number of aromatic amines is 1. The summed E-state index contributed by atoms with van der Waals surface area (Å²) in [4.78, 5) is 18.6. The SMILES string of the molecule is CC(C)S(=O)(=O)c1ccc(C(=O)N2CCOCC2Cc2c[nH]c3ccccc23)cc1. The molecule has 0 radical (unpaired) electrons. The van der Waals surface area contributed by atoms with Gasteiger partial charge in [-0.1, -0.05) is 18.2 Å². The maximum atomic E-state index is 13.2. The van der Waals surface area contributed by atoms with Gasteiger partial charge in [-0.25, -0.2) is 8.42 Å². The number of H-pyrrole nitrogens is 1. The first-order valence-corrected chi connectivity index (χ1v) is 11.7. The molecule has 0 saturated carbocycles. The van der Waals surface area contributed by atoms with E-state index in [-0.39, 0.29) is 16.8 Å². The zero-order chi connectivity index (χ0) is 21.3. The van der Waals surface area contributed by atoms with E-state index < -0.39 is 15.1 Å². The molecule has 6 nitrogen and oxygen atoms in total. The Morgan fingerprint density at radius 3 is 2.63 bits per heavy atom. The molecule has 0 aliphatic carbocycles. The fourth-order valence-electron chi connectivity index (χ4n) is 3.87. The topological polar surface area (TPSA) is 79.5 Å². The molecular formula is C23H26N2O4S. The van der Waals surface area contributed by atoms with Gasteiger partial charge < -0.3 is 14.6 Å². The quantitative estimate of drug-likeness (QED) is 0.678. The predicted octanol–water partition coefficient (Wildman–Crippen LogP) is 3.43. The van der Waals surface area contributed by atoms with E-state index in [4.69, 9.17) is 4.74 Å². The number of sulfone groups is 1. The molecule has 1 aliphatic heterocycles. The summed E-state index contributed by atoms with van der Waals surface area (Å²) in [7, 11) is -3.36. The van der Waals surface area contributed by atoms with E-state index in [1.807, 2.05) is 29.3 Å². The van der Waals surface area contributed by atoms with Crippen LogP contribution in [0.25, 0.3) is 10.9 Å². The molecule has 2 heterocycles. The fraction of sp³-hybridized carbons (Fsp3) is 0.348. The number of para-hydroxylation sites is 1. The largest absolute Gasteiger partial charge is 0.377 e. The number of benzene rings is 2. The van der Waals surface area contributed by atoms with Crippen LogP contribution in [0.5, 0.6) is 0 Å². The molecule has 30 heavy (non-hydrogen) atoms. The first-order chi connectivity index (χ1) is 14.4. The van der Waals surface area contributed by atoms with Gasteiger partial charge >= 0.3 is 0 Å². The van der Waals surface area contributed by atoms with Crippen LogP contribution in [0.2, 0.25) is 0 Å². The summed E-state index contributed by atoms with van der Waals surface area (Å²) in [5.41, 5.74) is 2.71. The Labute approximate surface area is 176 Å². The lowest BCUT2D eigenvalue weighted by Gasteiger charge is -2.35. The third kappa shape index (κ3) is 3.87. The molecule has 1 aliphatic rings. The van der Waals surface area contributed by atoms with Gasteiger partial charge in [-0.05, 0) is 56.2 Å². The van der Waals surface area contributed by atoms with Crippen molar-refractivity contribution in [3.8, 4) is 0 Å². The number of carbonyl (C=O) groups excluding carboxylic acids is 1. The average Bonchev–Trinajstić information content (AvgIpc) is 3.16. The summed E-state index contributed by atoms with van der Waals surface area (Å²) in [5, 5.41) is 0.651. The normalized spacial score (nSPS) is 17.6. The minimum Gasteiger partial charge on any atom is -0.377 e. The molecule has 0 bridgehead atoms. The van der Waals surface area contributed by atoms with E-state index in [0.29, 0.717) is 31.7 Å². The maximum Gasteiger partial charge on any atom is 0.254 e. The fourth-order valence-corrected chi connectivity index (χ4v) is 4.93. The van der Waals surface area contributed by atoms with Crippen LogP contribution in [0.3, 0.4) is 0 Å². The highest BCUT2D eigenvalue weighted by molar-refractivity contribution is 7.92. The smallest absolute Gasteiger partial charge is 0.254 e. The van der Waals surface area contributed by atoms with Crippen LogP contribution < -0.4 is 0 Å². The van der Waals surface area contributed by atoms with Crippen LogP contribution in [-0.2, 0) is 21.0 Å². The van der Waals surface area contributed by atoms with Gasteiger partial charge in [0.05, 0.1) is 29.4 Å². The Bertz CT molecular complexity index is 1150. The second-order valence-corrected chi connectivity index (χ2v) is 10.4. The summed E-state index contributed by atoms with van der Waals surface area (Å²) in [6.07, 6.45) is 2.68. The van der Waals surface area contributed by atoms with Crippen molar-refractivity contribution in [2.24, 2.45) is 0 Å². The van der Waals surface area contributed by atoms with Gasteiger partial charge in [-0.3, -0.25) is 4.79 Å². The van der Waals surface area contributed by atoms with Crippen LogP contribution in [-0.4, -0.2) is 55.3 Å². The summed E-state index contributed by atoms with van der Waals surface area (Å²) in [5.74, 6) is -0.100. The highest BCUT2D eigenvalue weighted by atomic mass is 32.2. The van der Waals surface area contributed by atoms with Gasteiger partial charge in [-0.15, -0.1) is 0 Å². The molecule has 3 aromatic rings. The zero-order valence-corrected chi connectivity index (χ0v) is 18.0.